The van der Waals surface area contributed by atoms with Crippen LogP contribution >= 0.6 is 23.2 Å². The summed E-state index contributed by atoms with van der Waals surface area (Å²) >= 11 is 11.7. The molecule has 1 unspecified atom stereocenters. The Morgan fingerprint density at radius 1 is 1.29 bits per heavy atom. The first-order valence-corrected chi connectivity index (χ1v) is 6.23. The number of hydrogen-bond acceptors (Lipinski definition) is 2. The Morgan fingerprint density at radius 3 is 2.35 bits per heavy atom. The van der Waals surface area contributed by atoms with Gasteiger partial charge in [-0.15, -0.1) is 0 Å². The van der Waals surface area contributed by atoms with E-state index in [1.165, 1.54) is 0 Å². The van der Waals surface area contributed by atoms with Crippen molar-refractivity contribution < 1.29 is 9.53 Å². The van der Waals surface area contributed by atoms with Gasteiger partial charge in [-0.2, -0.15) is 0 Å². The van der Waals surface area contributed by atoms with Crippen LogP contribution in [-0.4, -0.2) is 30.0 Å². The lowest BCUT2D eigenvalue weighted by Gasteiger charge is -2.33. The molecule has 0 aliphatic carbocycles. The fourth-order valence-electron chi connectivity index (χ4n) is 1.64. The normalized spacial score (nSPS) is 16.3. The van der Waals surface area contributed by atoms with Gasteiger partial charge in [0.25, 0.3) is 5.91 Å². The van der Waals surface area contributed by atoms with E-state index >= 15 is 0 Å². The molecule has 0 saturated carbocycles. The van der Waals surface area contributed by atoms with Crippen molar-refractivity contribution in [1.82, 2.24) is 4.90 Å². The Labute approximate surface area is 110 Å². The van der Waals surface area contributed by atoms with Crippen LogP contribution in [-0.2, 0) is 4.79 Å². The summed E-state index contributed by atoms with van der Waals surface area (Å²) in [5, 5.41) is 0.993. The molecule has 0 radical (unpaired) electrons. The molecular formula is C12H13Cl2NO2. The predicted molar refractivity (Wildman–Crippen MR) is 67.7 cm³/mol. The number of likely N-dealkylation sites (tertiary alicyclic amines) is 1. The molecule has 1 amide bonds. The van der Waals surface area contributed by atoms with Crippen LogP contribution in [0.15, 0.2) is 18.2 Å². The van der Waals surface area contributed by atoms with Crippen molar-refractivity contribution in [2.75, 3.05) is 13.1 Å². The van der Waals surface area contributed by atoms with Crippen LogP contribution in [0.25, 0.3) is 0 Å². The maximum atomic E-state index is 11.8. The third kappa shape index (κ3) is 3.05. The second kappa shape index (κ2) is 5.15. The molecule has 5 heteroatoms. The van der Waals surface area contributed by atoms with Crippen molar-refractivity contribution in [2.45, 2.75) is 19.4 Å². The number of carbonyl (C=O) groups excluding carboxylic acids is 1. The highest BCUT2D eigenvalue weighted by atomic mass is 35.5. The second-order valence-corrected chi connectivity index (χ2v) is 4.92. The third-order valence-electron chi connectivity index (χ3n) is 2.66. The zero-order chi connectivity index (χ0) is 12.4. The lowest BCUT2D eigenvalue weighted by Crippen LogP contribution is -2.47. The van der Waals surface area contributed by atoms with E-state index in [0.29, 0.717) is 15.8 Å². The van der Waals surface area contributed by atoms with E-state index in [2.05, 4.69) is 0 Å². The van der Waals surface area contributed by atoms with Crippen molar-refractivity contribution in [2.24, 2.45) is 0 Å². The van der Waals surface area contributed by atoms with E-state index in [4.69, 9.17) is 27.9 Å². The Kier molecular flexibility index (Phi) is 3.79. The van der Waals surface area contributed by atoms with Gasteiger partial charge in [0.2, 0.25) is 0 Å². The Bertz CT molecular complexity index is 412. The highest BCUT2D eigenvalue weighted by Gasteiger charge is 2.26. The van der Waals surface area contributed by atoms with Gasteiger partial charge in [-0.25, -0.2) is 0 Å². The molecule has 2 rings (SSSR count). The fraction of sp³-hybridized carbons (Fsp3) is 0.417. The van der Waals surface area contributed by atoms with Crippen LogP contribution in [0.4, 0.5) is 0 Å². The molecule has 92 valence electrons. The highest BCUT2D eigenvalue weighted by molar-refractivity contribution is 6.34. The van der Waals surface area contributed by atoms with Gasteiger partial charge in [0, 0.05) is 23.1 Å². The van der Waals surface area contributed by atoms with Gasteiger partial charge in [-0.1, -0.05) is 23.2 Å². The molecule has 1 saturated heterocycles. The number of rotatable bonds is 3. The van der Waals surface area contributed by atoms with E-state index in [9.17, 15) is 4.79 Å². The number of carbonyl (C=O) groups is 1. The molecule has 1 aromatic carbocycles. The molecule has 3 nitrogen and oxygen atoms in total. The van der Waals surface area contributed by atoms with Crippen LogP contribution in [0.5, 0.6) is 5.75 Å². The average molecular weight is 274 g/mol. The first kappa shape index (κ1) is 12.5. The van der Waals surface area contributed by atoms with Crippen LogP contribution in [0.3, 0.4) is 0 Å². The van der Waals surface area contributed by atoms with Crippen LogP contribution in [0.1, 0.15) is 13.3 Å². The largest absolute Gasteiger partial charge is 0.481 e. The highest BCUT2D eigenvalue weighted by Crippen LogP contribution is 2.25. The van der Waals surface area contributed by atoms with Crippen molar-refractivity contribution >= 4 is 29.1 Å². The lowest BCUT2D eigenvalue weighted by molar-refractivity contribution is -0.141. The van der Waals surface area contributed by atoms with Gasteiger partial charge in [0.1, 0.15) is 5.75 Å². The molecular weight excluding hydrogens is 261 g/mol. The molecule has 0 spiro atoms. The summed E-state index contributed by atoms with van der Waals surface area (Å²) in [5.74, 6) is 0.524. The third-order valence-corrected chi connectivity index (χ3v) is 3.10. The number of ether oxygens (including phenoxy) is 1. The Balaban J connectivity index is 2.01. The summed E-state index contributed by atoms with van der Waals surface area (Å²) in [5.41, 5.74) is 0. The number of halogens is 2. The standard InChI is InChI=1S/C12H13Cl2NO2/c1-8(12(16)15-3-2-4-15)17-11-6-9(13)5-10(14)7-11/h5-8H,2-4H2,1H3. The molecule has 17 heavy (non-hydrogen) atoms. The van der Waals surface area contributed by atoms with E-state index in [0.717, 1.165) is 19.5 Å². The SMILES string of the molecule is CC(Oc1cc(Cl)cc(Cl)c1)C(=O)N1CCC1. The van der Waals surface area contributed by atoms with E-state index < -0.39 is 6.10 Å². The molecule has 1 aliphatic rings. The lowest BCUT2D eigenvalue weighted by atomic mass is 10.2. The quantitative estimate of drug-likeness (QED) is 0.848. The summed E-state index contributed by atoms with van der Waals surface area (Å²) in [7, 11) is 0. The minimum absolute atomic E-state index is 0.00680. The zero-order valence-corrected chi connectivity index (χ0v) is 11.0. The summed E-state index contributed by atoms with van der Waals surface area (Å²) < 4.78 is 5.53. The fourth-order valence-corrected chi connectivity index (χ4v) is 2.15. The summed E-state index contributed by atoms with van der Waals surface area (Å²) in [6.45, 7) is 3.38. The van der Waals surface area contributed by atoms with Gasteiger partial charge >= 0.3 is 0 Å². The number of benzene rings is 1. The molecule has 1 fully saturated rings. The molecule has 1 heterocycles. The van der Waals surface area contributed by atoms with Gasteiger partial charge < -0.3 is 9.64 Å². The predicted octanol–water partition coefficient (Wildman–Crippen LogP) is 2.99. The molecule has 0 bridgehead atoms. The molecule has 1 atom stereocenters. The smallest absolute Gasteiger partial charge is 0.263 e. The summed E-state index contributed by atoms with van der Waals surface area (Å²) in [4.78, 5) is 13.6. The second-order valence-electron chi connectivity index (χ2n) is 4.04. The molecule has 1 aromatic rings. The Hall–Kier alpha value is -0.930. The Morgan fingerprint density at radius 2 is 1.88 bits per heavy atom. The van der Waals surface area contributed by atoms with Gasteiger partial charge in [0.15, 0.2) is 6.10 Å². The van der Waals surface area contributed by atoms with Crippen molar-refractivity contribution in [3.05, 3.63) is 28.2 Å². The van der Waals surface area contributed by atoms with E-state index in [1.54, 1.807) is 30.0 Å². The van der Waals surface area contributed by atoms with Crippen LogP contribution < -0.4 is 4.74 Å². The summed E-state index contributed by atoms with van der Waals surface area (Å²) in [6.07, 6.45) is 0.561. The number of amides is 1. The zero-order valence-electron chi connectivity index (χ0n) is 9.45. The monoisotopic (exact) mass is 273 g/mol. The van der Waals surface area contributed by atoms with Gasteiger partial charge in [-0.3, -0.25) is 4.79 Å². The van der Waals surface area contributed by atoms with E-state index in [-0.39, 0.29) is 5.91 Å². The molecule has 0 aromatic heterocycles. The minimum Gasteiger partial charge on any atom is -0.481 e. The topological polar surface area (TPSA) is 29.5 Å². The average Bonchev–Trinajstić information content (AvgIpc) is 2.12. The molecule has 0 N–H and O–H groups in total. The first-order valence-electron chi connectivity index (χ1n) is 5.48. The van der Waals surface area contributed by atoms with Crippen LogP contribution in [0, 0.1) is 0 Å². The number of nitrogens with zero attached hydrogens (tertiary/aromatic N) is 1. The van der Waals surface area contributed by atoms with E-state index in [1.807, 2.05) is 0 Å². The van der Waals surface area contributed by atoms with Gasteiger partial charge in [-0.05, 0) is 31.5 Å². The maximum absolute atomic E-state index is 11.8. The maximum Gasteiger partial charge on any atom is 0.263 e. The minimum atomic E-state index is -0.509. The van der Waals surface area contributed by atoms with Crippen molar-refractivity contribution in [3.63, 3.8) is 0 Å². The first-order chi connectivity index (χ1) is 8.06. The van der Waals surface area contributed by atoms with Crippen molar-refractivity contribution in [3.8, 4) is 5.75 Å². The summed E-state index contributed by atoms with van der Waals surface area (Å²) in [6, 6.07) is 4.92. The van der Waals surface area contributed by atoms with Crippen LogP contribution in [0.2, 0.25) is 10.0 Å². The number of hydrogen-bond donors (Lipinski definition) is 0. The van der Waals surface area contributed by atoms with Crippen molar-refractivity contribution in [1.29, 1.82) is 0 Å². The molecule has 1 aliphatic heterocycles. The van der Waals surface area contributed by atoms with Gasteiger partial charge in [0.05, 0.1) is 0 Å².